The normalized spacial score (nSPS) is 21.8. The van der Waals surface area contributed by atoms with Gasteiger partial charge in [0.2, 0.25) is 5.88 Å². The van der Waals surface area contributed by atoms with E-state index < -0.39 is 9.84 Å². The van der Waals surface area contributed by atoms with Gasteiger partial charge >= 0.3 is 0 Å². The molecule has 1 aliphatic heterocycles. The van der Waals surface area contributed by atoms with Crippen LogP contribution in [0.3, 0.4) is 0 Å². The molecule has 1 aromatic heterocycles. The fourth-order valence-corrected chi connectivity index (χ4v) is 3.63. The third kappa shape index (κ3) is 3.32. The first-order chi connectivity index (χ1) is 8.48. The Hall–Kier alpha value is -1.37. The molecule has 1 N–H and O–H groups in total. The van der Waals surface area contributed by atoms with Crippen molar-refractivity contribution in [1.29, 1.82) is 0 Å². The van der Waals surface area contributed by atoms with E-state index in [9.17, 15) is 8.42 Å². The van der Waals surface area contributed by atoms with E-state index in [1.54, 1.807) is 13.0 Å². The van der Waals surface area contributed by atoms with Crippen molar-refractivity contribution in [1.82, 2.24) is 9.97 Å². The van der Waals surface area contributed by atoms with Gasteiger partial charge in [-0.2, -0.15) is 4.98 Å². The van der Waals surface area contributed by atoms with E-state index in [0.717, 1.165) is 0 Å². The van der Waals surface area contributed by atoms with E-state index in [4.69, 9.17) is 4.74 Å². The summed E-state index contributed by atoms with van der Waals surface area (Å²) in [7, 11) is -2.88. The summed E-state index contributed by atoms with van der Waals surface area (Å²) in [6.07, 6.45) is 0.620. The lowest BCUT2D eigenvalue weighted by Gasteiger charge is -2.12. The number of rotatable bonds is 4. The van der Waals surface area contributed by atoms with Gasteiger partial charge in [0.05, 0.1) is 18.1 Å². The minimum atomic E-state index is -2.88. The van der Waals surface area contributed by atoms with Gasteiger partial charge in [-0.25, -0.2) is 13.4 Å². The van der Waals surface area contributed by atoms with Crippen LogP contribution in [0.15, 0.2) is 6.07 Å². The van der Waals surface area contributed by atoms with E-state index in [1.807, 2.05) is 6.92 Å². The summed E-state index contributed by atoms with van der Waals surface area (Å²) < 4.78 is 28.1. The smallest absolute Gasteiger partial charge is 0.218 e. The zero-order valence-electron chi connectivity index (χ0n) is 10.5. The van der Waals surface area contributed by atoms with Gasteiger partial charge in [-0.3, -0.25) is 0 Å². The first-order valence-electron chi connectivity index (χ1n) is 5.94. The van der Waals surface area contributed by atoms with Crippen molar-refractivity contribution < 1.29 is 13.2 Å². The predicted molar refractivity (Wildman–Crippen MR) is 68.6 cm³/mol. The highest BCUT2D eigenvalue weighted by Gasteiger charge is 2.28. The topological polar surface area (TPSA) is 81.2 Å². The first kappa shape index (κ1) is 13.1. The summed E-state index contributed by atoms with van der Waals surface area (Å²) in [5.74, 6) is 2.14. The number of aryl methyl sites for hydroxylation is 1. The molecule has 0 aromatic carbocycles. The number of nitrogens with zero attached hydrogens (tertiary/aromatic N) is 2. The first-order valence-corrected chi connectivity index (χ1v) is 7.76. The maximum atomic E-state index is 11.4. The van der Waals surface area contributed by atoms with Gasteiger partial charge in [0, 0.05) is 12.1 Å². The summed E-state index contributed by atoms with van der Waals surface area (Å²) in [5.41, 5.74) is 0. The summed E-state index contributed by atoms with van der Waals surface area (Å²) in [6, 6.07) is 1.63. The van der Waals surface area contributed by atoms with Crippen LogP contribution in [0.25, 0.3) is 0 Å². The maximum Gasteiger partial charge on any atom is 0.218 e. The highest BCUT2D eigenvalue weighted by molar-refractivity contribution is 7.91. The average molecular weight is 271 g/mol. The monoisotopic (exact) mass is 271 g/mol. The molecular weight excluding hydrogens is 254 g/mol. The minimum absolute atomic E-state index is 0.0706. The van der Waals surface area contributed by atoms with Crippen LogP contribution in [0, 0.1) is 6.92 Å². The fraction of sp³-hybridized carbons (Fsp3) is 0.636. The molecule has 6 nitrogen and oxygen atoms in total. The van der Waals surface area contributed by atoms with Crippen molar-refractivity contribution in [3.05, 3.63) is 11.9 Å². The molecule has 100 valence electrons. The lowest BCUT2D eigenvalue weighted by atomic mass is 10.2. The minimum Gasteiger partial charge on any atom is -0.478 e. The number of aromatic nitrogens is 2. The number of anilines is 1. The molecule has 0 saturated carbocycles. The number of ether oxygens (including phenoxy) is 1. The van der Waals surface area contributed by atoms with Gasteiger partial charge in [-0.1, -0.05) is 0 Å². The van der Waals surface area contributed by atoms with Crippen LogP contribution in [0.1, 0.15) is 19.2 Å². The lowest BCUT2D eigenvalue weighted by Crippen LogP contribution is -2.21. The molecule has 0 aliphatic carbocycles. The van der Waals surface area contributed by atoms with Gasteiger partial charge in [0.25, 0.3) is 0 Å². The van der Waals surface area contributed by atoms with Crippen molar-refractivity contribution in [2.75, 3.05) is 23.4 Å². The molecule has 1 unspecified atom stereocenters. The van der Waals surface area contributed by atoms with Crippen LogP contribution in [0.4, 0.5) is 5.82 Å². The van der Waals surface area contributed by atoms with Crippen LogP contribution >= 0.6 is 0 Å². The Morgan fingerprint density at radius 3 is 2.89 bits per heavy atom. The van der Waals surface area contributed by atoms with Gasteiger partial charge in [-0.05, 0) is 20.3 Å². The molecule has 7 heteroatoms. The molecule has 1 saturated heterocycles. The largest absolute Gasteiger partial charge is 0.478 e. The Labute approximate surface area is 107 Å². The second kappa shape index (κ2) is 5.09. The van der Waals surface area contributed by atoms with Crippen LogP contribution < -0.4 is 10.1 Å². The van der Waals surface area contributed by atoms with Crippen LogP contribution in [0.2, 0.25) is 0 Å². The predicted octanol–water partition coefficient (Wildman–Crippen LogP) is 0.783. The van der Waals surface area contributed by atoms with Gasteiger partial charge in [0.1, 0.15) is 11.6 Å². The van der Waals surface area contributed by atoms with E-state index in [-0.39, 0.29) is 17.5 Å². The summed E-state index contributed by atoms with van der Waals surface area (Å²) in [4.78, 5) is 8.37. The SMILES string of the molecule is CCOc1cc(NC2CCS(=O)(=O)C2)nc(C)n1. The van der Waals surface area contributed by atoms with E-state index in [1.165, 1.54) is 0 Å². The Morgan fingerprint density at radius 2 is 2.28 bits per heavy atom. The summed E-state index contributed by atoms with van der Waals surface area (Å²) in [5, 5.41) is 3.13. The quantitative estimate of drug-likeness (QED) is 0.871. The molecule has 1 fully saturated rings. The molecule has 18 heavy (non-hydrogen) atoms. The van der Waals surface area contributed by atoms with E-state index in [0.29, 0.717) is 30.5 Å². The van der Waals surface area contributed by atoms with E-state index >= 15 is 0 Å². The van der Waals surface area contributed by atoms with Gasteiger partial charge in [-0.15, -0.1) is 0 Å². The van der Waals surface area contributed by atoms with Crippen molar-refractivity contribution in [2.24, 2.45) is 0 Å². The number of hydrogen-bond donors (Lipinski definition) is 1. The number of sulfone groups is 1. The van der Waals surface area contributed by atoms with Crippen LogP contribution in [-0.4, -0.2) is 42.5 Å². The standard InChI is InChI=1S/C11H17N3O3S/c1-3-17-11-6-10(12-8(2)13-11)14-9-4-5-18(15,16)7-9/h6,9H,3-5,7H2,1-2H3,(H,12,13,14). The second-order valence-corrected chi connectivity index (χ2v) is 6.54. The third-order valence-electron chi connectivity index (χ3n) is 2.69. The highest BCUT2D eigenvalue weighted by atomic mass is 32.2. The lowest BCUT2D eigenvalue weighted by molar-refractivity contribution is 0.325. The number of nitrogens with one attached hydrogen (secondary N) is 1. The van der Waals surface area contributed by atoms with Crippen molar-refractivity contribution in [3.63, 3.8) is 0 Å². The summed E-state index contributed by atoms with van der Waals surface area (Å²) >= 11 is 0. The second-order valence-electron chi connectivity index (χ2n) is 4.32. The molecule has 0 amide bonds. The molecule has 0 radical (unpaired) electrons. The Bertz CT molecular complexity index is 530. The molecule has 1 atom stereocenters. The summed E-state index contributed by atoms with van der Waals surface area (Å²) in [6.45, 7) is 4.20. The average Bonchev–Trinajstić information content (AvgIpc) is 2.57. The molecule has 1 aromatic rings. The molecule has 2 rings (SSSR count). The zero-order chi connectivity index (χ0) is 13.2. The highest BCUT2D eigenvalue weighted by Crippen LogP contribution is 2.19. The molecule has 0 spiro atoms. The van der Waals surface area contributed by atoms with Gasteiger partial charge < -0.3 is 10.1 Å². The molecular formula is C11H17N3O3S. The molecule has 1 aliphatic rings. The molecule has 2 heterocycles. The van der Waals surface area contributed by atoms with Crippen molar-refractivity contribution in [2.45, 2.75) is 26.3 Å². The fourth-order valence-electron chi connectivity index (χ4n) is 1.95. The number of hydrogen-bond acceptors (Lipinski definition) is 6. The van der Waals surface area contributed by atoms with Crippen LogP contribution in [0.5, 0.6) is 5.88 Å². The Morgan fingerprint density at radius 1 is 1.50 bits per heavy atom. The van der Waals surface area contributed by atoms with Crippen LogP contribution in [-0.2, 0) is 9.84 Å². The van der Waals surface area contributed by atoms with Crippen molar-refractivity contribution >= 4 is 15.7 Å². The zero-order valence-corrected chi connectivity index (χ0v) is 11.3. The van der Waals surface area contributed by atoms with E-state index in [2.05, 4.69) is 15.3 Å². The molecule has 0 bridgehead atoms. The Kier molecular flexibility index (Phi) is 3.70. The maximum absolute atomic E-state index is 11.4. The Balaban J connectivity index is 2.09. The van der Waals surface area contributed by atoms with Gasteiger partial charge in [0.15, 0.2) is 9.84 Å². The third-order valence-corrected chi connectivity index (χ3v) is 4.46. The van der Waals surface area contributed by atoms with Crippen molar-refractivity contribution in [3.8, 4) is 5.88 Å².